The van der Waals surface area contributed by atoms with Crippen LogP contribution in [0.2, 0.25) is 0 Å². The van der Waals surface area contributed by atoms with Crippen molar-refractivity contribution in [1.82, 2.24) is 14.8 Å². The molecule has 1 aromatic rings. The number of carbonyl (C=O) groups is 1. The molecule has 0 aliphatic carbocycles. The summed E-state index contributed by atoms with van der Waals surface area (Å²) in [6, 6.07) is 2.03. The molecule has 0 bridgehead atoms. The van der Waals surface area contributed by atoms with E-state index in [0.29, 0.717) is 12.5 Å². The first-order valence-electron chi connectivity index (χ1n) is 5.58. The minimum absolute atomic E-state index is 0.0717. The van der Waals surface area contributed by atoms with Crippen molar-refractivity contribution in [3.05, 3.63) is 17.5 Å². The zero-order chi connectivity index (χ0) is 11.7. The third-order valence-electron chi connectivity index (χ3n) is 3.04. The number of aromatic nitrogens is 2. The molecule has 16 heavy (non-hydrogen) atoms. The van der Waals surface area contributed by atoms with Crippen LogP contribution in [0.4, 0.5) is 0 Å². The maximum atomic E-state index is 11.6. The van der Waals surface area contributed by atoms with Crippen molar-refractivity contribution in [2.24, 2.45) is 0 Å². The van der Waals surface area contributed by atoms with Crippen LogP contribution in [-0.4, -0.2) is 27.8 Å². The highest BCUT2D eigenvalue weighted by molar-refractivity contribution is 5.74. The van der Waals surface area contributed by atoms with Gasteiger partial charge in [0.05, 0.1) is 11.4 Å². The van der Waals surface area contributed by atoms with E-state index in [2.05, 4.69) is 18.9 Å². The molecule has 1 atom stereocenters. The van der Waals surface area contributed by atoms with Crippen LogP contribution < -0.4 is 0 Å². The highest BCUT2D eigenvalue weighted by Crippen LogP contribution is 2.20. The molecule has 0 saturated carbocycles. The third kappa shape index (κ3) is 1.95. The lowest BCUT2D eigenvalue weighted by molar-refractivity contribution is -0.180. The van der Waals surface area contributed by atoms with Crippen LogP contribution in [0.15, 0.2) is 6.07 Å². The molecule has 88 valence electrons. The second kappa shape index (κ2) is 4.25. The molecule has 5 nitrogen and oxygen atoms in total. The van der Waals surface area contributed by atoms with E-state index in [0.717, 1.165) is 17.8 Å². The second-order valence-electron chi connectivity index (χ2n) is 4.19. The molecule has 1 amide bonds. The quantitative estimate of drug-likeness (QED) is 0.759. The maximum absolute atomic E-state index is 11.6. The molecule has 5 heteroatoms. The first-order chi connectivity index (χ1) is 7.61. The fourth-order valence-corrected chi connectivity index (χ4v) is 1.64. The Morgan fingerprint density at radius 3 is 3.06 bits per heavy atom. The van der Waals surface area contributed by atoms with Crippen LogP contribution >= 0.6 is 0 Å². The molecule has 1 aliphatic heterocycles. The predicted octanol–water partition coefficient (Wildman–Crippen LogP) is 1.30. The van der Waals surface area contributed by atoms with E-state index in [1.165, 1.54) is 5.06 Å². The number of rotatable bonds is 2. The van der Waals surface area contributed by atoms with Crippen molar-refractivity contribution in [2.45, 2.75) is 39.3 Å². The Morgan fingerprint density at radius 2 is 2.38 bits per heavy atom. The number of hydroxylamine groups is 2. The molecule has 1 unspecified atom stereocenters. The van der Waals surface area contributed by atoms with Gasteiger partial charge in [0.15, 0.2) is 0 Å². The van der Waals surface area contributed by atoms with Crippen molar-refractivity contribution in [2.75, 3.05) is 7.05 Å². The Hall–Kier alpha value is -1.36. The van der Waals surface area contributed by atoms with Crippen molar-refractivity contribution in [1.29, 1.82) is 0 Å². The number of hydrogen-bond acceptors (Lipinski definition) is 3. The van der Waals surface area contributed by atoms with E-state index in [4.69, 9.17) is 4.84 Å². The van der Waals surface area contributed by atoms with Crippen LogP contribution in [-0.2, 0) is 22.8 Å². The summed E-state index contributed by atoms with van der Waals surface area (Å²) in [5, 5.41) is 5.73. The molecular formula is C11H17N3O2. The summed E-state index contributed by atoms with van der Waals surface area (Å²) in [6.07, 6.45) is 1.05. The van der Waals surface area contributed by atoms with Gasteiger partial charge in [0.25, 0.3) is 5.91 Å². The summed E-state index contributed by atoms with van der Waals surface area (Å²) in [5.41, 5.74) is 2.01. The monoisotopic (exact) mass is 223 g/mol. The van der Waals surface area contributed by atoms with Crippen LogP contribution in [0.1, 0.15) is 37.6 Å². The molecule has 0 saturated heterocycles. The number of nitrogens with zero attached hydrogens (tertiary/aromatic N) is 3. The highest BCUT2D eigenvalue weighted by atomic mass is 16.7. The lowest BCUT2D eigenvalue weighted by Gasteiger charge is -2.11. The normalized spacial score (nSPS) is 18.2. The van der Waals surface area contributed by atoms with E-state index in [1.807, 2.05) is 6.07 Å². The van der Waals surface area contributed by atoms with Gasteiger partial charge in [-0.1, -0.05) is 13.8 Å². The third-order valence-corrected chi connectivity index (χ3v) is 3.04. The van der Waals surface area contributed by atoms with E-state index < -0.39 is 0 Å². The standard InChI is InChI=1S/C11H17N3O2/c1-4-8(2)10-5-9-7-16-13(3)11(15)6-14(9)12-10/h5,8H,4,6-7H2,1-3H3. The highest BCUT2D eigenvalue weighted by Gasteiger charge is 2.21. The summed E-state index contributed by atoms with van der Waals surface area (Å²) >= 11 is 0. The molecule has 2 heterocycles. The molecule has 0 spiro atoms. The van der Waals surface area contributed by atoms with Gasteiger partial charge < -0.3 is 0 Å². The van der Waals surface area contributed by atoms with E-state index in [1.54, 1.807) is 11.7 Å². The van der Waals surface area contributed by atoms with Crippen molar-refractivity contribution >= 4 is 5.91 Å². The van der Waals surface area contributed by atoms with Crippen molar-refractivity contribution in [3.8, 4) is 0 Å². The van der Waals surface area contributed by atoms with Gasteiger partial charge in [-0.25, -0.2) is 5.06 Å². The summed E-state index contributed by atoms with van der Waals surface area (Å²) in [6.45, 7) is 4.94. The fourth-order valence-electron chi connectivity index (χ4n) is 1.64. The summed E-state index contributed by atoms with van der Waals surface area (Å²) in [5.74, 6) is 0.352. The van der Waals surface area contributed by atoms with Crippen LogP contribution in [0.3, 0.4) is 0 Å². The fraction of sp³-hybridized carbons (Fsp3) is 0.636. The van der Waals surface area contributed by atoms with Crippen molar-refractivity contribution < 1.29 is 9.63 Å². The molecule has 1 aromatic heterocycles. The first kappa shape index (κ1) is 11.1. The van der Waals surface area contributed by atoms with E-state index >= 15 is 0 Å². The van der Waals surface area contributed by atoms with Gasteiger partial charge in [-0.05, 0) is 18.4 Å². The van der Waals surface area contributed by atoms with Crippen LogP contribution in [0.25, 0.3) is 0 Å². The van der Waals surface area contributed by atoms with Crippen molar-refractivity contribution in [3.63, 3.8) is 0 Å². The van der Waals surface area contributed by atoms with Gasteiger partial charge in [0.1, 0.15) is 13.2 Å². The average molecular weight is 223 g/mol. The molecule has 0 N–H and O–H groups in total. The summed E-state index contributed by atoms with van der Waals surface area (Å²) < 4.78 is 1.74. The molecule has 0 fully saturated rings. The van der Waals surface area contributed by atoms with Gasteiger partial charge in [0, 0.05) is 7.05 Å². The minimum atomic E-state index is -0.0717. The lowest BCUT2D eigenvalue weighted by atomic mass is 10.1. The number of likely N-dealkylation sites (N-methyl/N-ethyl adjacent to an activating group) is 1. The second-order valence-corrected chi connectivity index (χ2v) is 4.19. The topological polar surface area (TPSA) is 47.4 Å². The summed E-state index contributed by atoms with van der Waals surface area (Å²) in [4.78, 5) is 16.9. The van der Waals surface area contributed by atoms with Gasteiger partial charge in [-0.2, -0.15) is 5.10 Å². The largest absolute Gasteiger partial charge is 0.270 e. The number of hydrogen-bond donors (Lipinski definition) is 0. The molecule has 1 aliphatic rings. The van der Waals surface area contributed by atoms with E-state index in [-0.39, 0.29) is 12.5 Å². The Balaban J connectivity index is 2.26. The SMILES string of the molecule is CCC(C)c1cc2n(n1)CC(=O)N(C)OC2. The smallest absolute Gasteiger partial charge is 0.267 e. The van der Waals surface area contributed by atoms with Gasteiger partial charge in [-0.3, -0.25) is 14.3 Å². The summed E-state index contributed by atoms with van der Waals surface area (Å²) in [7, 11) is 1.63. The van der Waals surface area contributed by atoms with Crippen LogP contribution in [0.5, 0.6) is 0 Å². The van der Waals surface area contributed by atoms with E-state index in [9.17, 15) is 4.79 Å². The molecular weight excluding hydrogens is 206 g/mol. The van der Waals surface area contributed by atoms with Gasteiger partial charge in [0.2, 0.25) is 0 Å². The Morgan fingerprint density at radius 1 is 1.62 bits per heavy atom. The van der Waals surface area contributed by atoms with Crippen LogP contribution in [0, 0.1) is 0 Å². The Labute approximate surface area is 94.9 Å². The lowest BCUT2D eigenvalue weighted by Crippen LogP contribution is -2.27. The Kier molecular flexibility index (Phi) is 2.96. The molecule has 2 rings (SSSR count). The minimum Gasteiger partial charge on any atom is -0.270 e. The zero-order valence-electron chi connectivity index (χ0n) is 9.93. The zero-order valence-corrected chi connectivity index (χ0v) is 9.93. The average Bonchev–Trinajstić information content (AvgIpc) is 2.62. The van der Waals surface area contributed by atoms with Gasteiger partial charge in [-0.15, -0.1) is 0 Å². The number of fused-ring (bicyclic) bond motifs is 1. The predicted molar refractivity (Wildman–Crippen MR) is 58.5 cm³/mol. The molecule has 0 aromatic carbocycles. The number of carbonyl (C=O) groups excluding carboxylic acids is 1. The first-order valence-corrected chi connectivity index (χ1v) is 5.58. The Bertz CT molecular complexity index is 400. The van der Waals surface area contributed by atoms with Gasteiger partial charge >= 0.3 is 0 Å². The number of amides is 1. The maximum Gasteiger partial charge on any atom is 0.267 e. The molecule has 0 radical (unpaired) electrons.